The van der Waals surface area contributed by atoms with Gasteiger partial charge in [-0.3, -0.25) is 0 Å². The van der Waals surface area contributed by atoms with E-state index in [0.29, 0.717) is 0 Å². The van der Waals surface area contributed by atoms with Crippen LogP contribution < -0.4 is 0 Å². The van der Waals surface area contributed by atoms with Gasteiger partial charge in [0.05, 0.1) is 0 Å². The van der Waals surface area contributed by atoms with E-state index in [4.69, 9.17) is 0 Å². The van der Waals surface area contributed by atoms with Crippen molar-refractivity contribution >= 4 is 23.5 Å². The Labute approximate surface area is 70.1 Å². The Bertz CT molecular complexity index is 191. The third-order valence-electron chi connectivity index (χ3n) is 1.77. The zero-order chi connectivity index (χ0) is 7.14. The van der Waals surface area contributed by atoms with E-state index in [1.54, 1.807) is 0 Å². The molecule has 2 rings (SSSR count). The molecule has 10 heavy (non-hydrogen) atoms. The number of thioether (sulfide) groups is 2. The minimum atomic E-state index is 0.755. The second-order valence-electron chi connectivity index (χ2n) is 2.72. The number of hydrogen-bond acceptors (Lipinski definition) is 2. The minimum Gasteiger partial charge on any atom is -0.122 e. The van der Waals surface area contributed by atoms with Crippen LogP contribution in [0.4, 0.5) is 0 Å². The topological polar surface area (TPSA) is 0 Å². The molecule has 0 aromatic heterocycles. The van der Waals surface area contributed by atoms with Crippen LogP contribution in [0.2, 0.25) is 0 Å². The van der Waals surface area contributed by atoms with E-state index in [9.17, 15) is 0 Å². The highest BCUT2D eigenvalue weighted by molar-refractivity contribution is 8.09. The summed E-state index contributed by atoms with van der Waals surface area (Å²) in [5.41, 5.74) is 0. The van der Waals surface area contributed by atoms with Gasteiger partial charge in [0, 0.05) is 10.5 Å². The number of rotatable bonds is 0. The summed E-state index contributed by atoms with van der Waals surface area (Å²) in [5.74, 6) is 0. The summed E-state index contributed by atoms with van der Waals surface area (Å²) >= 11 is 4.01. The van der Waals surface area contributed by atoms with Crippen molar-refractivity contribution in [1.82, 2.24) is 0 Å². The highest BCUT2D eigenvalue weighted by Crippen LogP contribution is 2.46. The van der Waals surface area contributed by atoms with E-state index in [1.165, 1.54) is 9.81 Å². The van der Waals surface area contributed by atoms with Gasteiger partial charge < -0.3 is 0 Å². The van der Waals surface area contributed by atoms with Gasteiger partial charge in [-0.2, -0.15) is 0 Å². The van der Waals surface area contributed by atoms with Gasteiger partial charge in [-0.15, -0.1) is 23.5 Å². The molecule has 0 aromatic rings. The first-order chi connectivity index (χ1) is 4.75. The molecule has 2 atom stereocenters. The lowest BCUT2D eigenvalue weighted by atomic mass is 10.3. The molecule has 2 aliphatic rings. The molecule has 0 aromatic carbocycles. The minimum absolute atomic E-state index is 0.755. The first-order valence-electron chi connectivity index (χ1n) is 3.46. The highest BCUT2D eigenvalue weighted by atomic mass is 32.2. The Morgan fingerprint density at radius 3 is 1.80 bits per heavy atom. The molecule has 2 heteroatoms. The van der Waals surface area contributed by atoms with Crippen molar-refractivity contribution in [3.63, 3.8) is 0 Å². The zero-order valence-corrected chi connectivity index (χ0v) is 7.76. The smallest absolute Gasteiger partial charge is 0.0439 e. The van der Waals surface area contributed by atoms with Crippen molar-refractivity contribution < 1.29 is 0 Å². The maximum Gasteiger partial charge on any atom is 0.0439 e. The lowest BCUT2D eigenvalue weighted by molar-refractivity contribution is 1.14. The Hall–Kier alpha value is 0.180. The van der Waals surface area contributed by atoms with Crippen molar-refractivity contribution in [3.05, 3.63) is 22.0 Å². The van der Waals surface area contributed by atoms with E-state index < -0.39 is 0 Å². The van der Waals surface area contributed by atoms with Crippen molar-refractivity contribution in [2.24, 2.45) is 0 Å². The van der Waals surface area contributed by atoms with Crippen LogP contribution in [0.1, 0.15) is 13.8 Å². The van der Waals surface area contributed by atoms with Gasteiger partial charge >= 0.3 is 0 Å². The van der Waals surface area contributed by atoms with Crippen LogP contribution >= 0.6 is 23.5 Å². The van der Waals surface area contributed by atoms with Gasteiger partial charge in [0.2, 0.25) is 0 Å². The Morgan fingerprint density at radius 1 is 1.00 bits per heavy atom. The molecule has 0 nitrogen and oxygen atoms in total. The van der Waals surface area contributed by atoms with Crippen molar-refractivity contribution in [2.75, 3.05) is 0 Å². The standard InChI is InChI=1S/C8H10S2/c1-5-3-7-8(9-5)4-6(2)10-7/h3-4,7-8H,1-2H3/t7-,8?/m0/s1. The van der Waals surface area contributed by atoms with Crippen LogP contribution in [-0.2, 0) is 0 Å². The van der Waals surface area contributed by atoms with Gasteiger partial charge in [0.15, 0.2) is 0 Å². The summed E-state index contributed by atoms with van der Waals surface area (Å²) in [6, 6.07) is 0. The van der Waals surface area contributed by atoms with Gasteiger partial charge in [0.1, 0.15) is 0 Å². The molecule has 54 valence electrons. The maximum absolute atomic E-state index is 2.38. The molecule has 0 bridgehead atoms. The van der Waals surface area contributed by atoms with Crippen molar-refractivity contribution in [1.29, 1.82) is 0 Å². The summed E-state index contributed by atoms with van der Waals surface area (Å²) in [6.45, 7) is 4.40. The molecule has 2 heterocycles. The number of fused-ring (bicyclic) bond motifs is 1. The highest BCUT2D eigenvalue weighted by Gasteiger charge is 2.30. The Balaban J connectivity index is 2.17. The molecule has 0 saturated heterocycles. The summed E-state index contributed by atoms with van der Waals surface area (Å²) in [6.07, 6.45) is 4.76. The molecule has 0 radical (unpaired) electrons. The molecule has 0 saturated carbocycles. The first-order valence-corrected chi connectivity index (χ1v) is 5.22. The zero-order valence-electron chi connectivity index (χ0n) is 6.13. The fraction of sp³-hybridized carbons (Fsp3) is 0.500. The molecular weight excluding hydrogens is 160 g/mol. The molecule has 2 aliphatic heterocycles. The normalized spacial score (nSPS) is 37.4. The van der Waals surface area contributed by atoms with E-state index in [1.807, 2.05) is 23.5 Å². The van der Waals surface area contributed by atoms with Crippen LogP contribution in [0.5, 0.6) is 0 Å². The summed E-state index contributed by atoms with van der Waals surface area (Å²) in [7, 11) is 0. The third-order valence-corrected chi connectivity index (χ3v) is 4.36. The van der Waals surface area contributed by atoms with E-state index >= 15 is 0 Å². The van der Waals surface area contributed by atoms with E-state index in [-0.39, 0.29) is 0 Å². The fourth-order valence-electron chi connectivity index (χ4n) is 1.36. The Morgan fingerprint density at radius 2 is 1.40 bits per heavy atom. The monoisotopic (exact) mass is 170 g/mol. The maximum atomic E-state index is 2.38. The molecule has 1 unspecified atom stereocenters. The van der Waals surface area contributed by atoms with Gasteiger partial charge in [-0.25, -0.2) is 0 Å². The summed E-state index contributed by atoms with van der Waals surface area (Å²) < 4.78 is 0. The second kappa shape index (κ2) is 2.35. The predicted octanol–water partition coefficient (Wildman–Crippen LogP) is 3.02. The van der Waals surface area contributed by atoms with E-state index in [0.717, 1.165) is 10.5 Å². The summed E-state index contributed by atoms with van der Waals surface area (Å²) in [4.78, 5) is 2.98. The van der Waals surface area contributed by atoms with Gasteiger partial charge in [0.25, 0.3) is 0 Å². The largest absolute Gasteiger partial charge is 0.122 e. The van der Waals surface area contributed by atoms with Crippen LogP contribution in [0, 0.1) is 0 Å². The van der Waals surface area contributed by atoms with Crippen LogP contribution in [0.3, 0.4) is 0 Å². The molecule has 0 spiro atoms. The number of allylic oxidation sites excluding steroid dienone is 2. The SMILES string of the molecule is CC1=C[C@@H]2SC(C)=CC2S1. The fourth-order valence-corrected chi connectivity index (χ4v) is 4.15. The quantitative estimate of drug-likeness (QED) is 0.548. The second-order valence-corrected chi connectivity index (χ2v) is 5.57. The van der Waals surface area contributed by atoms with Gasteiger partial charge in [-0.05, 0) is 23.7 Å². The van der Waals surface area contributed by atoms with Crippen molar-refractivity contribution in [2.45, 2.75) is 24.3 Å². The van der Waals surface area contributed by atoms with Crippen LogP contribution in [-0.4, -0.2) is 10.5 Å². The average Bonchev–Trinajstić information content (AvgIpc) is 2.21. The molecule has 0 N–H and O–H groups in total. The predicted molar refractivity (Wildman–Crippen MR) is 50.3 cm³/mol. The van der Waals surface area contributed by atoms with Gasteiger partial charge in [-0.1, -0.05) is 12.2 Å². The number of hydrogen-bond donors (Lipinski definition) is 0. The average molecular weight is 170 g/mol. The summed E-state index contributed by atoms with van der Waals surface area (Å²) in [5, 5.41) is 1.51. The van der Waals surface area contributed by atoms with Crippen molar-refractivity contribution in [3.8, 4) is 0 Å². The molecule has 0 amide bonds. The third kappa shape index (κ3) is 1.04. The van der Waals surface area contributed by atoms with Crippen LogP contribution in [0.15, 0.2) is 22.0 Å². The molecule has 0 aliphatic carbocycles. The molecular formula is C8H10S2. The Kier molecular flexibility index (Phi) is 1.61. The lowest BCUT2D eigenvalue weighted by Gasteiger charge is -2.03. The first kappa shape index (κ1) is 6.86. The molecule has 0 fully saturated rings. The lowest BCUT2D eigenvalue weighted by Crippen LogP contribution is -2.04. The van der Waals surface area contributed by atoms with Crippen LogP contribution in [0.25, 0.3) is 0 Å². The van der Waals surface area contributed by atoms with E-state index in [2.05, 4.69) is 26.0 Å².